The normalized spacial score (nSPS) is 15.8. The molecule has 0 saturated heterocycles. The Kier molecular flexibility index (Phi) is 5.34. The zero-order valence-corrected chi connectivity index (χ0v) is 11.2. The molecular weight excluding hydrogens is 226 g/mol. The fourth-order valence-electron chi connectivity index (χ4n) is 2.32. The molecule has 1 aromatic carbocycles. The molecule has 18 heavy (non-hydrogen) atoms. The minimum atomic E-state index is 0.683. The van der Waals surface area contributed by atoms with E-state index in [4.69, 9.17) is 9.47 Å². The number of hydrogen-bond acceptors (Lipinski definition) is 3. The van der Waals surface area contributed by atoms with Crippen LogP contribution in [0.5, 0.6) is 11.5 Å². The highest BCUT2D eigenvalue weighted by Crippen LogP contribution is 2.26. The van der Waals surface area contributed by atoms with Gasteiger partial charge in [0, 0.05) is 12.6 Å². The lowest BCUT2D eigenvalue weighted by Crippen LogP contribution is -2.16. The van der Waals surface area contributed by atoms with Gasteiger partial charge in [-0.15, -0.1) is 0 Å². The molecule has 1 fully saturated rings. The van der Waals surface area contributed by atoms with E-state index < -0.39 is 0 Å². The molecule has 1 aromatic rings. The first kappa shape index (κ1) is 13.2. The summed E-state index contributed by atoms with van der Waals surface area (Å²) < 4.78 is 11.5. The Bertz CT molecular complexity index is 348. The van der Waals surface area contributed by atoms with Crippen molar-refractivity contribution in [2.75, 3.05) is 26.8 Å². The molecule has 3 heteroatoms. The van der Waals surface area contributed by atoms with Gasteiger partial charge in [-0.05, 0) is 37.9 Å². The van der Waals surface area contributed by atoms with Crippen molar-refractivity contribution in [2.24, 2.45) is 5.92 Å². The summed E-state index contributed by atoms with van der Waals surface area (Å²) in [6, 6.07) is 7.93. The van der Waals surface area contributed by atoms with Crippen molar-refractivity contribution in [3.63, 3.8) is 0 Å². The molecule has 0 spiro atoms. The van der Waals surface area contributed by atoms with Gasteiger partial charge in [0.15, 0.2) is 0 Å². The summed E-state index contributed by atoms with van der Waals surface area (Å²) in [4.78, 5) is 0. The highest BCUT2D eigenvalue weighted by molar-refractivity contribution is 5.32. The average molecular weight is 249 g/mol. The Hall–Kier alpha value is -1.22. The van der Waals surface area contributed by atoms with Gasteiger partial charge in [0.05, 0.1) is 6.61 Å². The van der Waals surface area contributed by atoms with E-state index in [1.54, 1.807) is 0 Å². The molecule has 0 amide bonds. The molecule has 100 valence electrons. The number of nitrogens with one attached hydrogen (secondary N) is 1. The van der Waals surface area contributed by atoms with Crippen LogP contribution in [0.1, 0.15) is 25.7 Å². The molecule has 1 N–H and O–H groups in total. The fourth-order valence-corrected chi connectivity index (χ4v) is 2.32. The molecule has 0 unspecified atom stereocenters. The maximum Gasteiger partial charge on any atom is 0.123 e. The molecule has 0 heterocycles. The number of ether oxygens (including phenoxy) is 2. The number of hydrogen-bond donors (Lipinski definition) is 1. The van der Waals surface area contributed by atoms with Gasteiger partial charge < -0.3 is 14.8 Å². The van der Waals surface area contributed by atoms with Crippen LogP contribution in [0.3, 0.4) is 0 Å². The molecule has 2 rings (SSSR count). The molecule has 1 aliphatic rings. The second kappa shape index (κ2) is 7.27. The first-order valence-corrected chi connectivity index (χ1v) is 6.89. The van der Waals surface area contributed by atoms with Gasteiger partial charge >= 0.3 is 0 Å². The van der Waals surface area contributed by atoms with Crippen molar-refractivity contribution in [3.8, 4) is 11.5 Å². The lowest BCUT2D eigenvalue weighted by Gasteiger charge is -2.12. The highest BCUT2D eigenvalue weighted by atomic mass is 16.5. The van der Waals surface area contributed by atoms with Crippen LogP contribution in [-0.2, 0) is 0 Å². The van der Waals surface area contributed by atoms with Crippen molar-refractivity contribution in [3.05, 3.63) is 24.3 Å². The summed E-state index contributed by atoms with van der Waals surface area (Å²) in [5.41, 5.74) is 0. The topological polar surface area (TPSA) is 30.5 Å². The summed E-state index contributed by atoms with van der Waals surface area (Å²) in [6.07, 6.45) is 5.36. The van der Waals surface area contributed by atoms with E-state index in [-0.39, 0.29) is 0 Å². The van der Waals surface area contributed by atoms with E-state index in [0.29, 0.717) is 6.61 Å². The van der Waals surface area contributed by atoms with Crippen LogP contribution < -0.4 is 14.8 Å². The maximum atomic E-state index is 5.84. The minimum Gasteiger partial charge on any atom is -0.493 e. The molecule has 1 saturated carbocycles. The minimum absolute atomic E-state index is 0.683. The molecule has 0 aliphatic heterocycles. The first-order chi connectivity index (χ1) is 8.88. The van der Waals surface area contributed by atoms with Crippen LogP contribution >= 0.6 is 0 Å². The van der Waals surface area contributed by atoms with E-state index in [0.717, 1.165) is 30.6 Å². The highest BCUT2D eigenvalue weighted by Gasteiger charge is 2.15. The number of rotatable bonds is 7. The van der Waals surface area contributed by atoms with Crippen molar-refractivity contribution in [2.45, 2.75) is 25.7 Å². The first-order valence-electron chi connectivity index (χ1n) is 6.89. The Morgan fingerprint density at radius 3 is 2.61 bits per heavy atom. The predicted molar refractivity (Wildman–Crippen MR) is 73.3 cm³/mol. The van der Waals surface area contributed by atoms with Gasteiger partial charge in [-0.3, -0.25) is 0 Å². The van der Waals surface area contributed by atoms with E-state index in [1.165, 1.54) is 25.7 Å². The Morgan fingerprint density at radius 2 is 1.89 bits per heavy atom. The summed E-state index contributed by atoms with van der Waals surface area (Å²) in [7, 11) is 1.92. The number of benzene rings is 1. The SMILES string of the molecule is CNCCOc1cccc(OCC2CCCC2)c1. The molecule has 0 bridgehead atoms. The van der Waals surface area contributed by atoms with Crippen molar-refractivity contribution >= 4 is 0 Å². The van der Waals surface area contributed by atoms with Crippen LogP contribution in [0.15, 0.2) is 24.3 Å². The van der Waals surface area contributed by atoms with Crippen LogP contribution in [-0.4, -0.2) is 26.8 Å². The zero-order chi connectivity index (χ0) is 12.6. The van der Waals surface area contributed by atoms with Gasteiger partial charge in [-0.2, -0.15) is 0 Å². The summed E-state index contributed by atoms with van der Waals surface area (Å²) >= 11 is 0. The summed E-state index contributed by atoms with van der Waals surface area (Å²) in [6.45, 7) is 2.38. The van der Waals surface area contributed by atoms with E-state index >= 15 is 0 Å². The number of likely N-dealkylation sites (N-methyl/N-ethyl adjacent to an activating group) is 1. The second-order valence-corrected chi connectivity index (χ2v) is 4.89. The quantitative estimate of drug-likeness (QED) is 0.754. The van der Waals surface area contributed by atoms with Crippen molar-refractivity contribution in [1.29, 1.82) is 0 Å². The second-order valence-electron chi connectivity index (χ2n) is 4.89. The third kappa shape index (κ3) is 4.22. The summed E-state index contributed by atoms with van der Waals surface area (Å²) in [5.74, 6) is 2.55. The van der Waals surface area contributed by atoms with Crippen LogP contribution in [0.2, 0.25) is 0 Å². The third-order valence-electron chi connectivity index (χ3n) is 3.39. The zero-order valence-electron chi connectivity index (χ0n) is 11.2. The summed E-state index contributed by atoms with van der Waals surface area (Å²) in [5, 5.41) is 3.06. The Morgan fingerprint density at radius 1 is 1.17 bits per heavy atom. The lowest BCUT2D eigenvalue weighted by molar-refractivity contribution is 0.249. The van der Waals surface area contributed by atoms with E-state index in [9.17, 15) is 0 Å². The fraction of sp³-hybridized carbons (Fsp3) is 0.600. The monoisotopic (exact) mass is 249 g/mol. The van der Waals surface area contributed by atoms with Gasteiger partial charge in [-0.25, -0.2) is 0 Å². The van der Waals surface area contributed by atoms with E-state index in [2.05, 4.69) is 5.32 Å². The standard InChI is InChI=1S/C15H23NO2/c1-16-9-10-17-14-7-4-8-15(11-14)18-12-13-5-2-3-6-13/h4,7-8,11,13,16H,2-3,5-6,9-10,12H2,1H3. The smallest absolute Gasteiger partial charge is 0.123 e. The van der Waals surface area contributed by atoms with Gasteiger partial charge in [0.25, 0.3) is 0 Å². The Labute approximate surface area is 109 Å². The predicted octanol–water partition coefficient (Wildman–Crippen LogP) is 2.85. The van der Waals surface area contributed by atoms with Gasteiger partial charge in [0.1, 0.15) is 18.1 Å². The molecular formula is C15H23NO2. The van der Waals surface area contributed by atoms with Crippen LogP contribution in [0.25, 0.3) is 0 Å². The van der Waals surface area contributed by atoms with Crippen LogP contribution in [0, 0.1) is 5.92 Å². The molecule has 1 aliphatic carbocycles. The Balaban J connectivity index is 1.78. The molecule has 0 atom stereocenters. The van der Waals surface area contributed by atoms with Crippen molar-refractivity contribution < 1.29 is 9.47 Å². The third-order valence-corrected chi connectivity index (χ3v) is 3.39. The molecule has 0 radical (unpaired) electrons. The lowest BCUT2D eigenvalue weighted by atomic mass is 10.1. The van der Waals surface area contributed by atoms with E-state index in [1.807, 2.05) is 31.3 Å². The van der Waals surface area contributed by atoms with Gasteiger partial charge in [-0.1, -0.05) is 18.9 Å². The molecule has 0 aromatic heterocycles. The molecule has 3 nitrogen and oxygen atoms in total. The van der Waals surface area contributed by atoms with Crippen LogP contribution in [0.4, 0.5) is 0 Å². The van der Waals surface area contributed by atoms with Gasteiger partial charge in [0.2, 0.25) is 0 Å². The van der Waals surface area contributed by atoms with Crippen molar-refractivity contribution in [1.82, 2.24) is 5.32 Å². The average Bonchev–Trinajstić information content (AvgIpc) is 2.90. The maximum absolute atomic E-state index is 5.84. The largest absolute Gasteiger partial charge is 0.493 e.